The second kappa shape index (κ2) is 13.7. The first kappa shape index (κ1) is 21.8. The standard InChI is InChI=1S/C20H32N6O2/c1-3-4-9-27-11-12-28-10-8-23-20(21-2)24-14-18-6-5-7-19(13-18)15-26-17-22-16-25-26/h5-7,13,16-17H,3-4,8-12,14-15H2,1-2H3,(H2,21,23,24). The summed E-state index contributed by atoms with van der Waals surface area (Å²) in [6.45, 7) is 6.95. The van der Waals surface area contributed by atoms with Crippen molar-refractivity contribution in [3.63, 3.8) is 0 Å². The summed E-state index contributed by atoms with van der Waals surface area (Å²) in [7, 11) is 1.76. The molecule has 2 aromatic rings. The molecule has 0 unspecified atom stereocenters. The zero-order chi connectivity index (χ0) is 19.9. The lowest BCUT2D eigenvalue weighted by atomic mass is 10.1. The number of ether oxygens (including phenoxy) is 2. The highest BCUT2D eigenvalue weighted by molar-refractivity contribution is 5.79. The molecule has 2 rings (SSSR count). The number of nitrogens with zero attached hydrogens (tertiary/aromatic N) is 4. The van der Waals surface area contributed by atoms with Crippen LogP contribution in [-0.2, 0) is 22.6 Å². The molecule has 1 heterocycles. The number of hydrogen-bond donors (Lipinski definition) is 2. The van der Waals surface area contributed by atoms with E-state index in [1.54, 1.807) is 19.7 Å². The van der Waals surface area contributed by atoms with Gasteiger partial charge in [-0.25, -0.2) is 9.67 Å². The van der Waals surface area contributed by atoms with Gasteiger partial charge < -0.3 is 20.1 Å². The van der Waals surface area contributed by atoms with Crippen molar-refractivity contribution in [2.45, 2.75) is 32.9 Å². The molecule has 0 bridgehead atoms. The zero-order valence-electron chi connectivity index (χ0n) is 16.9. The van der Waals surface area contributed by atoms with Crippen LogP contribution in [0, 0.1) is 0 Å². The summed E-state index contributed by atoms with van der Waals surface area (Å²) in [6, 6.07) is 8.38. The van der Waals surface area contributed by atoms with Crippen LogP contribution in [0.2, 0.25) is 0 Å². The number of benzene rings is 1. The Balaban J connectivity index is 1.61. The fourth-order valence-electron chi connectivity index (χ4n) is 2.56. The summed E-state index contributed by atoms with van der Waals surface area (Å²) in [5.41, 5.74) is 2.36. The van der Waals surface area contributed by atoms with E-state index in [1.165, 1.54) is 11.1 Å². The predicted molar refractivity (Wildman–Crippen MR) is 110 cm³/mol. The minimum atomic E-state index is 0.616. The van der Waals surface area contributed by atoms with Gasteiger partial charge in [0, 0.05) is 26.7 Å². The Bertz CT molecular complexity index is 675. The third-order valence-corrected chi connectivity index (χ3v) is 4.04. The Morgan fingerprint density at radius 2 is 1.93 bits per heavy atom. The van der Waals surface area contributed by atoms with E-state index in [0.29, 0.717) is 39.5 Å². The lowest BCUT2D eigenvalue weighted by molar-refractivity contribution is 0.0487. The maximum atomic E-state index is 5.55. The summed E-state index contributed by atoms with van der Waals surface area (Å²) in [4.78, 5) is 8.22. The van der Waals surface area contributed by atoms with Gasteiger partial charge in [0.2, 0.25) is 0 Å². The van der Waals surface area contributed by atoms with Gasteiger partial charge in [-0.3, -0.25) is 4.99 Å². The molecular formula is C20H32N6O2. The monoisotopic (exact) mass is 388 g/mol. The van der Waals surface area contributed by atoms with E-state index in [1.807, 2.05) is 4.68 Å². The second-order valence-electron chi connectivity index (χ2n) is 6.34. The van der Waals surface area contributed by atoms with Crippen molar-refractivity contribution in [1.82, 2.24) is 25.4 Å². The van der Waals surface area contributed by atoms with Crippen molar-refractivity contribution in [3.8, 4) is 0 Å². The SMILES string of the molecule is CCCCOCCOCCNC(=NC)NCc1cccc(Cn2cncn2)c1. The summed E-state index contributed by atoms with van der Waals surface area (Å²) in [5.74, 6) is 0.754. The fraction of sp³-hybridized carbons (Fsp3) is 0.550. The minimum absolute atomic E-state index is 0.616. The van der Waals surface area contributed by atoms with E-state index in [0.717, 1.165) is 25.4 Å². The number of aromatic nitrogens is 3. The van der Waals surface area contributed by atoms with E-state index in [-0.39, 0.29) is 0 Å². The fourth-order valence-corrected chi connectivity index (χ4v) is 2.56. The largest absolute Gasteiger partial charge is 0.379 e. The van der Waals surface area contributed by atoms with Gasteiger partial charge >= 0.3 is 0 Å². The highest BCUT2D eigenvalue weighted by Crippen LogP contribution is 2.06. The first-order valence-corrected chi connectivity index (χ1v) is 9.82. The molecule has 0 saturated heterocycles. The molecule has 0 saturated carbocycles. The van der Waals surface area contributed by atoms with E-state index in [4.69, 9.17) is 9.47 Å². The molecule has 0 aliphatic heterocycles. The topological polar surface area (TPSA) is 85.6 Å². The van der Waals surface area contributed by atoms with Gasteiger partial charge in [-0.2, -0.15) is 5.10 Å². The van der Waals surface area contributed by atoms with Crippen LogP contribution in [0.4, 0.5) is 0 Å². The lowest BCUT2D eigenvalue weighted by Crippen LogP contribution is -2.38. The third-order valence-electron chi connectivity index (χ3n) is 4.04. The van der Waals surface area contributed by atoms with Crippen LogP contribution < -0.4 is 10.6 Å². The summed E-state index contributed by atoms with van der Waals surface area (Å²) >= 11 is 0. The van der Waals surface area contributed by atoms with Crippen LogP contribution in [0.15, 0.2) is 41.9 Å². The molecule has 154 valence electrons. The molecule has 0 atom stereocenters. The van der Waals surface area contributed by atoms with Crippen molar-refractivity contribution >= 4 is 5.96 Å². The number of guanidine groups is 1. The molecule has 1 aromatic carbocycles. The first-order chi connectivity index (χ1) is 13.8. The molecule has 8 heteroatoms. The highest BCUT2D eigenvalue weighted by Gasteiger charge is 2.01. The Hall–Kier alpha value is -2.45. The van der Waals surface area contributed by atoms with Crippen LogP contribution in [0.1, 0.15) is 30.9 Å². The molecule has 0 aliphatic rings. The van der Waals surface area contributed by atoms with Crippen molar-refractivity contribution in [2.24, 2.45) is 4.99 Å². The Morgan fingerprint density at radius 1 is 1.11 bits per heavy atom. The Morgan fingerprint density at radius 3 is 2.68 bits per heavy atom. The molecule has 28 heavy (non-hydrogen) atoms. The summed E-state index contributed by atoms with van der Waals surface area (Å²) in [6.07, 6.45) is 5.52. The summed E-state index contributed by atoms with van der Waals surface area (Å²) < 4.78 is 12.8. The van der Waals surface area contributed by atoms with Crippen molar-refractivity contribution in [1.29, 1.82) is 0 Å². The first-order valence-electron chi connectivity index (χ1n) is 9.82. The number of hydrogen-bond acceptors (Lipinski definition) is 5. The molecule has 0 radical (unpaired) electrons. The molecule has 0 spiro atoms. The van der Waals surface area contributed by atoms with Crippen molar-refractivity contribution in [2.75, 3.05) is 40.0 Å². The molecule has 0 aliphatic carbocycles. The number of nitrogens with one attached hydrogen (secondary N) is 2. The quantitative estimate of drug-likeness (QED) is 0.309. The molecule has 1 aromatic heterocycles. The number of aliphatic imine (C=N–C) groups is 1. The van der Waals surface area contributed by atoms with Crippen molar-refractivity contribution < 1.29 is 9.47 Å². The number of rotatable bonds is 13. The average molecular weight is 389 g/mol. The van der Waals surface area contributed by atoms with Crippen LogP contribution in [0.25, 0.3) is 0 Å². The average Bonchev–Trinajstić information content (AvgIpc) is 3.22. The van der Waals surface area contributed by atoms with Crippen molar-refractivity contribution in [3.05, 3.63) is 48.0 Å². The normalized spacial score (nSPS) is 11.6. The minimum Gasteiger partial charge on any atom is -0.379 e. The molecule has 0 fully saturated rings. The lowest BCUT2D eigenvalue weighted by Gasteiger charge is -2.13. The maximum absolute atomic E-state index is 5.55. The van der Waals surface area contributed by atoms with Gasteiger partial charge in [0.25, 0.3) is 0 Å². The molecule has 8 nitrogen and oxygen atoms in total. The van der Waals surface area contributed by atoms with Crippen LogP contribution >= 0.6 is 0 Å². The van der Waals surface area contributed by atoms with Crippen LogP contribution in [-0.4, -0.2) is 60.7 Å². The number of unbranched alkanes of at least 4 members (excludes halogenated alkanes) is 1. The van der Waals surface area contributed by atoms with Gasteiger partial charge in [-0.1, -0.05) is 37.6 Å². The maximum Gasteiger partial charge on any atom is 0.191 e. The molecular weight excluding hydrogens is 356 g/mol. The van der Waals surface area contributed by atoms with Crippen LogP contribution in [0.3, 0.4) is 0 Å². The van der Waals surface area contributed by atoms with Gasteiger partial charge in [0.1, 0.15) is 12.7 Å². The molecule has 0 amide bonds. The van der Waals surface area contributed by atoms with E-state index < -0.39 is 0 Å². The van der Waals surface area contributed by atoms with Crippen LogP contribution in [0.5, 0.6) is 0 Å². The second-order valence-corrected chi connectivity index (χ2v) is 6.34. The van der Waals surface area contributed by atoms with Gasteiger partial charge in [0.05, 0.1) is 26.4 Å². The highest BCUT2D eigenvalue weighted by atomic mass is 16.5. The van der Waals surface area contributed by atoms with Gasteiger partial charge in [-0.15, -0.1) is 0 Å². The third kappa shape index (κ3) is 8.96. The van der Waals surface area contributed by atoms with E-state index in [2.05, 4.69) is 56.9 Å². The Kier molecular flexibility index (Phi) is 10.7. The predicted octanol–water partition coefficient (Wildman–Crippen LogP) is 1.82. The van der Waals surface area contributed by atoms with E-state index >= 15 is 0 Å². The van der Waals surface area contributed by atoms with Gasteiger partial charge in [-0.05, 0) is 17.5 Å². The van der Waals surface area contributed by atoms with Gasteiger partial charge in [0.15, 0.2) is 5.96 Å². The zero-order valence-corrected chi connectivity index (χ0v) is 16.9. The molecule has 2 N–H and O–H groups in total. The smallest absolute Gasteiger partial charge is 0.191 e. The van der Waals surface area contributed by atoms with E-state index in [9.17, 15) is 0 Å². The Labute approximate surface area is 167 Å². The summed E-state index contributed by atoms with van der Waals surface area (Å²) in [5, 5.41) is 10.7.